The molecule has 2 aromatic heterocycles. The van der Waals surface area contributed by atoms with Crippen LogP contribution in [-0.2, 0) is 4.79 Å². The summed E-state index contributed by atoms with van der Waals surface area (Å²) in [7, 11) is 0. The van der Waals surface area contributed by atoms with E-state index in [4.69, 9.17) is 23.8 Å². The third-order valence-electron chi connectivity index (χ3n) is 7.20. The molecule has 1 saturated heterocycles. The van der Waals surface area contributed by atoms with Crippen LogP contribution in [0.5, 0.6) is 0 Å². The van der Waals surface area contributed by atoms with Crippen LogP contribution in [0.2, 0.25) is 5.02 Å². The Balaban J connectivity index is 1.52. The van der Waals surface area contributed by atoms with Crippen molar-refractivity contribution in [2.24, 2.45) is 0 Å². The highest BCUT2D eigenvalue weighted by molar-refractivity contribution is 7.80. The number of thiocarbonyl (C=S) groups is 1. The van der Waals surface area contributed by atoms with Crippen molar-refractivity contribution in [3.63, 3.8) is 0 Å². The first-order valence-corrected chi connectivity index (χ1v) is 13.4. The van der Waals surface area contributed by atoms with Gasteiger partial charge in [-0.15, -0.1) is 0 Å². The summed E-state index contributed by atoms with van der Waals surface area (Å²) in [5.41, 5.74) is 7.30. The zero-order chi connectivity index (χ0) is 26.8. The number of benzene rings is 2. The van der Waals surface area contributed by atoms with Crippen molar-refractivity contribution in [3.05, 3.63) is 112 Å². The maximum atomic E-state index is 12.8. The van der Waals surface area contributed by atoms with Gasteiger partial charge in [0.15, 0.2) is 5.11 Å². The van der Waals surface area contributed by atoms with E-state index in [1.165, 1.54) is 11.1 Å². The number of carbonyl (C=O) groups excluding carboxylic acids is 1. The fraction of sp³-hybridized carbons (Fsp3) is 0.233. The maximum Gasteiger partial charge on any atom is 0.226 e. The van der Waals surface area contributed by atoms with Gasteiger partial charge >= 0.3 is 0 Å². The topological polar surface area (TPSA) is 62.2 Å². The van der Waals surface area contributed by atoms with Gasteiger partial charge in [0, 0.05) is 52.5 Å². The minimum atomic E-state index is -0.159. The van der Waals surface area contributed by atoms with Crippen molar-refractivity contribution in [2.75, 3.05) is 11.9 Å². The first-order valence-electron chi connectivity index (χ1n) is 12.6. The number of amides is 1. The molecule has 1 aliphatic rings. The molecule has 38 heavy (non-hydrogen) atoms. The number of para-hydroxylation sites is 1. The molecule has 1 fully saturated rings. The van der Waals surface area contributed by atoms with Crippen molar-refractivity contribution in [1.82, 2.24) is 19.8 Å². The fourth-order valence-electron chi connectivity index (χ4n) is 5.37. The van der Waals surface area contributed by atoms with Crippen LogP contribution in [-0.4, -0.2) is 32.0 Å². The van der Waals surface area contributed by atoms with Gasteiger partial charge in [0.1, 0.15) is 0 Å². The molecule has 8 heteroatoms. The van der Waals surface area contributed by atoms with E-state index in [9.17, 15) is 4.79 Å². The average molecular weight is 544 g/mol. The molecule has 2 aromatic carbocycles. The molecule has 0 saturated carbocycles. The molecule has 194 valence electrons. The molecule has 0 aliphatic carbocycles. The minimum Gasteiger partial charge on any atom is -0.352 e. The molecular weight excluding hydrogens is 514 g/mol. The molecule has 5 rings (SSSR count). The second-order valence-corrected chi connectivity index (χ2v) is 10.3. The van der Waals surface area contributed by atoms with Crippen LogP contribution in [0.1, 0.15) is 46.7 Å². The van der Waals surface area contributed by atoms with Gasteiger partial charge in [0.05, 0.1) is 17.8 Å². The minimum absolute atomic E-state index is 0.0554. The summed E-state index contributed by atoms with van der Waals surface area (Å²) in [4.78, 5) is 19.6. The van der Waals surface area contributed by atoms with E-state index < -0.39 is 0 Å². The molecule has 4 aromatic rings. The molecular formula is C30H30ClN5OS. The SMILES string of the molecule is Cc1c(C2C(c3ccccn3)NC(=S)N2CCC(=O)Nc2ccccc2)c(C)n(-c2cccc(Cl)c2)c1C. The predicted octanol–water partition coefficient (Wildman–Crippen LogP) is 6.45. The molecule has 0 bridgehead atoms. The lowest BCUT2D eigenvalue weighted by Crippen LogP contribution is -2.33. The second kappa shape index (κ2) is 11.0. The number of halogens is 1. The Morgan fingerprint density at radius 1 is 1.03 bits per heavy atom. The number of rotatable bonds is 7. The fourth-order valence-corrected chi connectivity index (χ4v) is 5.89. The molecule has 0 radical (unpaired) electrons. The van der Waals surface area contributed by atoms with Gasteiger partial charge in [-0.05, 0) is 81.0 Å². The second-order valence-electron chi connectivity index (χ2n) is 9.51. The number of hydrogen-bond donors (Lipinski definition) is 2. The Kier molecular flexibility index (Phi) is 7.49. The summed E-state index contributed by atoms with van der Waals surface area (Å²) in [6.07, 6.45) is 2.10. The number of pyridine rings is 1. The normalized spacial score (nSPS) is 16.9. The summed E-state index contributed by atoms with van der Waals surface area (Å²) in [6, 6.07) is 23.0. The monoisotopic (exact) mass is 543 g/mol. The highest BCUT2D eigenvalue weighted by Gasteiger charge is 2.42. The lowest BCUT2D eigenvalue weighted by molar-refractivity contribution is -0.116. The van der Waals surface area contributed by atoms with E-state index in [1.54, 1.807) is 6.20 Å². The Labute approximate surface area is 233 Å². The summed E-state index contributed by atoms with van der Waals surface area (Å²) >= 11 is 12.2. The van der Waals surface area contributed by atoms with Gasteiger partial charge < -0.3 is 20.1 Å². The number of carbonyl (C=O) groups is 1. The maximum absolute atomic E-state index is 12.8. The lowest BCUT2D eigenvalue weighted by Gasteiger charge is -2.29. The quantitative estimate of drug-likeness (QED) is 0.262. The van der Waals surface area contributed by atoms with Gasteiger partial charge in [0.25, 0.3) is 0 Å². The molecule has 6 nitrogen and oxygen atoms in total. The first-order chi connectivity index (χ1) is 18.3. The zero-order valence-corrected chi connectivity index (χ0v) is 23.2. The van der Waals surface area contributed by atoms with E-state index in [0.717, 1.165) is 28.5 Å². The van der Waals surface area contributed by atoms with Crippen LogP contribution >= 0.6 is 23.8 Å². The summed E-state index contributed by atoms with van der Waals surface area (Å²) in [5, 5.41) is 7.80. The number of nitrogens with zero attached hydrogens (tertiary/aromatic N) is 3. The van der Waals surface area contributed by atoms with Gasteiger partial charge in [-0.25, -0.2) is 0 Å². The van der Waals surface area contributed by atoms with E-state index in [0.29, 0.717) is 23.1 Å². The number of aromatic nitrogens is 2. The number of anilines is 1. The Hall–Kier alpha value is -3.68. The average Bonchev–Trinajstić information content (AvgIpc) is 3.35. The van der Waals surface area contributed by atoms with Crippen LogP contribution in [0.3, 0.4) is 0 Å². The van der Waals surface area contributed by atoms with Gasteiger partial charge in [-0.2, -0.15) is 0 Å². The predicted molar refractivity (Wildman–Crippen MR) is 157 cm³/mol. The lowest BCUT2D eigenvalue weighted by atomic mass is 9.93. The van der Waals surface area contributed by atoms with Crippen LogP contribution in [0.25, 0.3) is 5.69 Å². The van der Waals surface area contributed by atoms with Crippen LogP contribution in [0.4, 0.5) is 5.69 Å². The van der Waals surface area contributed by atoms with E-state index >= 15 is 0 Å². The van der Waals surface area contributed by atoms with Crippen molar-refractivity contribution in [1.29, 1.82) is 0 Å². The van der Waals surface area contributed by atoms with Gasteiger partial charge in [0.2, 0.25) is 5.91 Å². The molecule has 2 N–H and O–H groups in total. The smallest absolute Gasteiger partial charge is 0.226 e. The molecule has 1 aliphatic heterocycles. The van der Waals surface area contributed by atoms with E-state index in [2.05, 4.69) is 51.9 Å². The van der Waals surface area contributed by atoms with Crippen molar-refractivity contribution >= 4 is 40.5 Å². The van der Waals surface area contributed by atoms with Crippen molar-refractivity contribution in [2.45, 2.75) is 39.3 Å². The molecule has 0 spiro atoms. The standard InChI is InChI=1S/C30H30ClN5OS/c1-19-20(2)36(24-13-9-10-22(31)18-24)21(3)27(19)29-28(25-14-7-8-16-32-25)34-30(38)35(29)17-15-26(37)33-23-11-5-4-6-12-23/h4-14,16,18,28-29H,15,17H2,1-3H3,(H,33,37)(H,34,38). The zero-order valence-electron chi connectivity index (χ0n) is 21.6. The Morgan fingerprint density at radius 2 is 1.79 bits per heavy atom. The van der Waals surface area contributed by atoms with Gasteiger partial charge in [-0.3, -0.25) is 9.78 Å². The third kappa shape index (κ3) is 5.04. The molecule has 2 atom stereocenters. The Bertz CT molecular complexity index is 1470. The summed E-state index contributed by atoms with van der Waals surface area (Å²) in [6.45, 7) is 6.88. The van der Waals surface area contributed by atoms with Crippen LogP contribution in [0, 0.1) is 20.8 Å². The number of nitrogens with one attached hydrogen (secondary N) is 2. The molecule has 1 amide bonds. The largest absolute Gasteiger partial charge is 0.352 e. The van der Waals surface area contributed by atoms with E-state index in [-0.39, 0.29) is 18.0 Å². The third-order valence-corrected chi connectivity index (χ3v) is 7.79. The van der Waals surface area contributed by atoms with Crippen LogP contribution < -0.4 is 10.6 Å². The highest BCUT2D eigenvalue weighted by Crippen LogP contribution is 2.43. The van der Waals surface area contributed by atoms with Gasteiger partial charge in [-0.1, -0.05) is 41.9 Å². The molecule has 2 unspecified atom stereocenters. The van der Waals surface area contributed by atoms with Crippen LogP contribution in [0.15, 0.2) is 79.0 Å². The molecule has 3 heterocycles. The Morgan fingerprint density at radius 3 is 2.50 bits per heavy atom. The highest BCUT2D eigenvalue weighted by atomic mass is 35.5. The summed E-state index contributed by atoms with van der Waals surface area (Å²) in [5.74, 6) is -0.0554. The van der Waals surface area contributed by atoms with E-state index in [1.807, 2.05) is 66.7 Å². The number of hydrogen-bond acceptors (Lipinski definition) is 3. The van der Waals surface area contributed by atoms with Crippen molar-refractivity contribution < 1.29 is 4.79 Å². The van der Waals surface area contributed by atoms with Crippen molar-refractivity contribution in [3.8, 4) is 5.69 Å². The summed E-state index contributed by atoms with van der Waals surface area (Å²) < 4.78 is 2.24. The first kappa shape index (κ1) is 25.9.